The first-order valence-corrected chi connectivity index (χ1v) is 4.38. The molecule has 0 atom stereocenters. The van der Waals surface area contributed by atoms with Crippen molar-refractivity contribution in [2.45, 2.75) is 0 Å². The van der Waals surface area contributed by atoms with E-state index >= 15 is 0 Å². The van der Waals surface area contributed by atoms with Gasteiger partial charge >= 0.3 is 0 Å². The Labute approximate surface area is 80.0 Å². The van der Waals surface area contributed by atoms with Crippen molar-refractivity contribution in [3.63, 3.8) is 0 Å². The lowest BCUT2D eigenvalue weighted by Gasteiger charge is -2.11. The maximum Gasteiger partial charge on any atom is 0.0558 e. The third-order valence-corrected chi connectivity index (χ3v) is 1.33. The summed E-state index contributed by atoms with van der Waals surface area (Å²) in [5, 5.41) is 27.5. The number of rotatable bonds is 6. The quantitative estimate of drug-likeness (QED) is 0.397. The normalized spacial score (nSPS) is 9.69. The van der Waals surface area contributed by atoms with E-state index in [9.17, 15) is 0 Å². The molecule has 0 amide bonds. The molecule has 4 N–H and O–H groups in total. The first-order valence-electron chi connectivity index (χ1n) is 4.38. The molecular formula is C8H22N2O3. The Morgan fingerprint density at radius 1 is 1.00 bits per heavy atom. The van der Waals surface area contributed by atoms with Gasteiger partial charge in [-0.1, -0.05) is 0 Å². The lowest BCUT2D eigenvalue weighted by molar-refractivity contribution is 0.184. The molecule has 0 rings (SSSR count). The number of nitrogens with zero attached hydrogens (tertiary/aromatic N) is 1. The van der Waals surface area contributed by atoms with Crippen molar-refractivity contribution in [3.8, 4) is 0 Å². The van der Waals surface area contributed by atoms with Crippen molar-refractivity contribution in [3.05, 3.63) is 0 Å². The largest absolute Gasteiger partial charge is 0.395 e. The second-order valence-electron chi connectivity index (χ2n) is 2.58. The minimum absolute atomic E-state index is 0.163. The van der Waals surface area contributed by atoms with Gasteiger partial charge in [0.15, 0.2) is 0 Å². The van der Waals surface area contributed by atoms with Crippen molar-refractivity contribution in [1.82, 2.24) is 10.2 Å². The molecule has 0 aliphatic carbocycles. The van der Waals surface area contributed by atoms with Crippen LogP contribution in [0.2, 0.25) is 0 Å². The first-order chi connectivity index (χ1) is 6.22. The average Bonchev–Trinajstić information content (AvgIpc) is 2.08. The third-order valence-electron chi connectivity index (χ3n) is 1.33. The molecule has 0 aromatic carbocycles. The van der Waals surface area contributed by atoms with E-state index in [4.69, 9.17) is 15.3 Å². The van der Waals surface area contributed by atoms with E-state index in [0.29, 0.717) is 19.6 Å². The van der Waals surface area contributed by atoms with Crippen molar-refractivity contribution in [1.29, 1.82) is 0 Å². The summed E-state index contributed by atoms with van der Waals surface area (Å²) in [7, 11) is 3.66. The van der Waals surface area contributed by atoms with Gasteiger partial charge in [0.1, 0.15) is 0 Å². The summed E-state index contributed by atoms with van der Waals surface area (Å²) < 4.78 is 0. The molecular weight excluding hydrogens is 172 g/mol. The van der Waals surface area contributed by atoms with Crippen LogP contribution in [-0.2, 0) is 0 Å². The fraction of sp³-hybridized carbons (Fsp3) is 1.00. The summed E-state index contributed by atoms with van der Waals surface area (Å²) >= 11 is 0. The van der Waals surface area contributed by atoms with E-state index < -0.39 is 0 Å². The number of aliphatic hydroxyl groups excluding tert-OH is 3. The van der Waals surface area contributed by atoms with Crippen LogP contribution in [-0.4, -0.2) is 73.8 Å². The molecule has 5 nitrogen and oxygen atoms in total. The first kappa shape index (κ1) is 15.3. The Morgan fingerprint density at radius 3 is 1.62 bits per heavy atom. The fourth-order valence-electron chi connectivity index (χ4n) is 0.565. The van der Waals surface area contributed by atoms with Gasteiger partial charge < -0.3 is 25.5 Å². The molecule has 0 aromatic heterocycles. The van der Waals surface area contributed by atoms with E-state index in [1.54, 1.807) is 7.05 Å². The summed E-state index contributed by atoms with van der Waals surface area (Å²) in [6.45, 7) is 2.53. The highest BCUT2D eigenvalue weighted by Crippen LogP contribution is 1.76. The molecule has 0 bridgehead atoms. The predicted octanol–water partition coefficient (Wildman–Crippen LogP) is -1.90. The van der Waals surface area contributed by atoms with Crippen LogP contribution in [0.5, 0.6) is 0 Å². The van der Waals surface area contributed by atoms with Crippen LogP contribution in [0.3, 0.4) is 0 Å². The lowest BCUT2D eigenvalue weighted by atomic mass is 10.5. The van der Waals surface area contributed by atoms with Gasteiger partial charge in [-0.25, -0.2) is 0 Å². The molecule has 5 heteroatoms. The highest BCUT2D eigenvalue weighted by molar-refractivity contribution is 4.45. The Bertz CT molecular complexity index is 75.8. The summed E-state index contributed by atoms with van der Waals surface area (Å²) in [6.07, 6.45) is 0. The third kappa shape index (κ3) is 18.6. The van der Waals surface area contributed by atoms with Gasteiger partial charge in [0, 0.05) is 19.6 Å². The number of aliphatic hydroxyl groups is 3. The van der Waals surface area contributed by atoms with E-state index in [0.717, 1.165) is 0 Å². The molecule has 0 fully saturated rings. The topological polar surface area (TPSA) is 76.0 Å². The van der Waals surface area contributed by atoms with E-state index in [2.05, 4.69) is 5.32 Å². The van der Waals surface area contributed by atoms with E-state index in [1.165, 1.54) is 0 Å². The monoisotopic (exact) mass is 194 g/mol. The summed E-state index contributed by atoms with van der Waals surface area (Å²) in [5.41, 5.74) is 0. The smallest absolute Gasteiger partial charge is 0.0558 e. The highest BCUT2D eigenvalue weighted by Gasteiger charge is 1.91. The number of hydrogen-bond acceptors (Lipinski definition) is 5. The summed E-state index contributed by atoms with van der Waals surface area (Å²) in [5.74, 6) is 0. The zero-order chi connectivity index (χ0) is 10.5. The lowest BCUT2D eigenvalue weighted by Crippen LogP contribution is -2.25. The van der Waals surface area contributed by atoms with Gasteiger partial charge in [-0.3, -0.25) is 0 Å². The Balaban J connectivity index is 0. The van der Waals surface area contributed by atoms with Crippen LogP contribution < -0.4 is 5.32 Å². The maximum absolute atomic E-state index is 8.34. The Hall–Kier alpha value is -0.200. The second kappa shape index (κ2) is 14.3. The molecule has 0 aromatic rings. The second-order valence-corrected chi connectivity index (χ2v) is 2.58. The average molecular weight is 194 g/mol. The standard InChI is InChI=1S/C5H13NO2.C3H9NO/c1-6(2-4-7)3-5-8;1-4-2-3-5/h7-8H,2-5H2,1H3;4-5H,2-3H2,1H3. The zero-order valence-electron chi connectivity index (χ0n) is 8.53. The number of likely N-dealkylation sites (N-methyl/N-ethyl adjacent to an activating group) is 2. The SMILES string of the molecule is CN(CCO)CCO.CNCCO. The predicted molar refractivity (Wildman–Crippen MR) is 52.7 cm³/mol. The molecule has 0 saturated carbocycles. The van der Waals surface area contributed by atoms with E-state index in [-0.39, 0.29) is 19.8 Å². The van der Waals surface area contributed by atoms with Crippen LogP contribution in [0.4, 0.5) is 0 Å². The number of hydrogen-bond donors (Lipinski definition) is 4. The van der Waals surface area contributed by atoms with Crippen molar-refractivity contribution in [2.24, 2.45) is 0 Å². The van der Waals surface area contributed by atoms with Crippen molar-refractivity contribution >= 4 is 0 Å². The molecule has 0 spiro atoms. The van der Waals surface area contributed by atoms with Crippen LogP contribution >= 0.6 is 0 Å². The maximum atomic E-state index is 8.34. The van der Waals surface area contributed by atoms with Crippen molar-refractivity contribution < 1.29 is 15.3 Å². The molecule has 0 heterocycles. The van der Waals surface area contributed by atoms with Crippen LogP contribution in [0, 0.1) is 0 Å². The highest BCUT2D eigenvalue weighted by atomic mass is 16.3. The molecule has 0 aliphatic rings. The Morgan fingerprint density at radius 2 is 1.46 bits per heavy atom. The van der Waals surface area contributed by atoms with Crippen LogP contribution in [0.25, 0.3) is 0 Å². The van der Waals surface area contributed by atoms with Gasteiger partial charge in [0.25, 0.3) is 0 Å². The molecule has 82 valence electrons. The van der Waals surface area contributed by atoms with Gasteiger partial charge in [-0.15, -0.1) is 0 Å². The summed E-state index contributed by atoms with van der Waals surface area (Å²) in [6, 6.07) is 0. The van der Waals surface area contributed by atoms with Gasteiger partial charge in [-0.05, 0) is 14.1 Å². The molecule has 0 aliphatic heterocycles. The van der Waals surface area contributed by atoms with Crippen LogP contribution in [0.15, 0.2) is 0 Å². The molecule has 0 unspecified atom stereocenters. The van der Waals surface area contributed by atoms with Crippen LogP contribution in [0.1, 0.15) is 0 Å². The summed E-state index contributed by atoms with van der Waals surface area (Å²) in [4.78, 5) is 1.86. The minimum Gasteiger partial charge on any atom is -0.395 e. The molecule has 13 heavy (non-hydrogen) atoms. The van der Waals surface area contributed by atoms with Gasteiger partial charge in [0.05, 0.1) is 19.8 Å². The van der Waals surface area contributed by atoms with Gasteiger partial charge in [-0.2, -0.15) is 0 Å². The van der Waals surface area contributed by atoms with Crippen molar-refractivity contribution in [2.75, 3.05) is 53.6 Å². The van der Waals surface area contributed by atoms with E-state index in [1.807, 2.05) is 11.9 Å². The zero-order valence-corrected chi connectivity index (χ0v) is 8.53. The van der Waals surface area contributed by atoms with Gasteiger partial charge in [0.2, 0.25) is 0 Å². The molecule has 0 radical (unpaired) electrons. The number of nitrogens with one attached hydrogen (secondary N) is 1. The molecule has 0 saturated heterocycles. The Kier molecular flexibility index (Phi) is 16.8. The minimum atomic E-state index is 0.163. The fourth-order valence-corrected chi connectivity index (χ4v) is 0.565.